The Labute approximate surface area is 104 Å². The van der Waals surface area contributed by atoms with Crippen LogP contribution in [0.4, 0.5) is 15.8 Å². The number of para-hydroxylation sites is 1. The molecule has 0 bridgehead atoms. The van der Waals surface area contributed by atoms with Gasteiger partial charge in [-0.25, -0.2) is 4.39 Å². The molecule has 0 spiro atoms. The van der Waals surface area contributed by atoms with Crippen molar-refractivity contribution < 1.29 is 4.39 Å². The van der Waals surface area contributed by atoms with Crippen LogP contribution >= 0.6 is 15.9 Å². The first-order chi connectivity index (χ1) is 7.66. The predicted octanol–water partition coefficient (Wildman–Crippen LogP) is 3.53. The van der Waals surface area contributed by atoms with Crippen LogP contribution in [0.15, 0.2) is 18.2 Å². The Bertz CT molecular complexity index is 350. The molecule has 0 aliphatic heterocycles. The molecular weight excluding hydrogens is 271 g/mol. The lowest BCUT2D eigenvalue weighted by molar-refractivity contribution is 0.475. The molecule has 3 N–H and O–H groups in total. The zero-order valence-corrected chi connectivity index (χ0v) is 10.6. The molecule has 1 fully saturated rings. The summed E-state index contributed by atoms with van der Waals surface area (Å²) in [5.74, 6) is -0.267. The second-order valence-electron chi connectivity index (χ2n) is 4.31. The second kappa shape index (κ2) is 5.04. The van der Waals surface area contributed by atoms with E-state index in [-0.39, 0.29) is 5.82 Å². The topological polar surface area (TPSA) is 38.0 Å². The van der Waals surface area contributed by atoms with Crippen molar-refractivity contribution in [2.75, 3.05) is 11.1 Å². The summed E-state index contributed by atoms with van der Waals surface area (Å²) in [6.07, 6.45) is 4.47. The number of rotatable bonds is 2. The van der Waals surface area contributed by atoms with Gasteiger partial charge in [0.05, 0.1) is 11.4 Å². The minimum atomic E-state index is -0.267. The average molecular weight is 287 g/mol. The van der Waals surface area contributed by atoms with Gasteiger partial charge in [0.25, 0.3) is 0 Å². The second-order valence-corrected chi connectivity index (χ2v) is 5.60. The maximum Gasteiger partial charge on any atom is 0.148 e. The van der Waals surface area contributed by atoms with Crippen LogP contribution in [0.2, 0.25) is 0 Å². The summed E-state index contributed by atoms with van der Waals surface area (Å²) in [6, 6.07) is 5.11. The third kappa shape index (κ3) is 2.67. The van der Waals surface area contributed by atoms with Crippen molar-refractivity contribution in [3.05, 3.63) is 24.0 Å². The molecule has 0 radical (unpaired) electrons. The summed E-state index contributed by atoms with van der Waals surface area (Å²) in [6.45, 7) is 0. The first-order valence-electron chi connectivity index (χ1n) is 5.61. The number of nitrogens with one attached hydrogen (secondary N) is 1. The summed E-state index contributed by atoms with van der Waals surface area (Å²) in [5, 5.41) is 3.22. The van der Waals surface area contributed by atoms with Crippen molar-refractivity contribution in [1.82, 2.24) is 0 Å². The fraction of sp³-hybridized carbons (Fsp3) is 0.500. The fourth-order valence-corrected chi connectivity index (χ4v) is 2.93. The number of nitrogens with two attached hydrogens (primary N) is 1. The molecule has 2 rings (SSSR count). The molecule has 1 aliphatic carbocycles. The maximum absolute atomic E-state index is 13.5. The van der Waals surface area contributed by atoms with Gasteiger partial charge in [-0.3, -0.25) is 0 Å². The number of benzene rings is 1. The molecule has 0 heterocycles. The molecule has 1 aromatic carbocycles. The standard InChI is InChI=1S/C12H16BrFN2/c13-8-3-1-4-9(7-8)16-12-10(14)5-2-6-11(12)15/h2,5-6,8-9,16H,1,3-4,7,15H2. The van der Waals surface area contributed by atoms with E-state index in [0.29, 0.717) is 22.2 Å². The van der Waals surface area contributed by atoms with Gasteiger partial charge in [0.15, 0.2) is 0 Å². The monoisotopic (exact) mass is 286 g/mol. The highest BCUT2D eigenvalue weighted by Gasteiger charge is 2.21. The lowest BCUT2D eigenvalue weighted by atomic mass is 9.95. The number of hydrogen-bond acceptors (Lipinski definition) is 2. The SMILES string of the molecule is Nc1cccc(F)c1NC1CCCC(Br)C1. The Morgan fingerprint density at radius 1 is 1.38 bits per heavy atom. The Balaban J connectivity index is 2.08. The number of nitrogen functional groups attached to an aromatic ring is 1. The van der Waals surface area contributed by atoms with E-state index in [1.807, 2.05) is 0 Å². The van der Waals surface area contributed by atoms with E-state index in [9.17, 15) is 4.39 Å². The first kappa shape index (κ1) is 11.7. The van der Waals surface area contributed by atoms with Crippen molar-refractivity contribution in [1.29, 1.82) is 0 Å². The zero-order chi connectivity index (χ0) is 11.5. The van der Waals surface area contributed by atoms with Gasteiger partial charge in [0.2, 0.25) is 0 Å². The molecule has 2 unspecified atom stereocenters. The van der Waals surface area contributed by atoms with E-state index in [1.165, 1.54) is 18.9 Å². The Kier molecular flexibility index (Phi) is 3.69. The number of alkyl halides is 1. The molecule has 2 nitrogen and oxygen atoms in total. The highest BCUT2D eigenvalue weighted by Crippen LogP contribution is 2.29. The highest BCUT2D eigenvalue weighted by atomic mass is 79.9. The zero-order valence-electron chi connectivity index (χ0n) is 9.05. The Morgan fingerprint density at radius 2 is 2.19 bits per heavy atom. The summed E-state index contributed by atoms with van der Waals surface area (Å²) in [7, 11) is 0. The highest BCUT2D eigenvalue weighted by molar-refractivity contribution is 9.09. The van der Waals surface area contributed by atoms with E-state index < -0.39 is 0 Å². The summed E-state index contributed by atoms with van der Waals surface area (Å²) in [4.78, 5) is 0.534. The van der Waals surface area contributed by atoms with Crippen LogP contribution in [0.5, 0.6) is 0 Å². The van der Waals surface area contributed by atoms with Crippen LogP contribution in [0.3, 0.4) is 0 Å². The van der Waals surface area contributed by atoms with Crippen LogP contribution in [0.25, 0.3) is 0 Å². The molecule has 0 saturated heterocycles. The van der Waals surface area contributed by atoms with Crippen molar-refractivity contribution in [2.24, 2.45) is 0 Å². The lowest BCUT2D eigenvalue weighted by Gasteiger charge is -2.28. The van der Waals surface area contributed by atoms with Crippen LogP contribution in [0.1, 0.15) is 25.7 Å². The van der Waals surface area contributed by atoms with E-state index in [4.69, 9.17) is 5.73 Å². The summed E-state index contributed by atoms with van der Waals surface area (Å²) in [5.41, 5.74) is 6.69. The third-order valence-corrected chi connectivity index (χ3v) is 3.84. The smallest absolute Gasteiger partial charge is 0.148 e. The van der Waals surface area contributed by atoms with E-state index >= 15 is 0 Å². The minimum absolute atomic E-state index is 0.267. The van der Waals surface area contributed by atoms with E-state index in [2.05, 4.69) is 21.2 Å². The van der Waals surface area contributed by atoms with Crippen molar-refractivity contribution in [2.45, 2.75) is 36.6 Å². The molecule has 16 heavy (non-hydrogen) atoms. The average Bonchev–Trinajstić information content (AvgIpc) is 2.24. The van der Waals surface area contributed by atoms with Crippen molar-refractivity contribution in [3.8, 4) is 0 Å². The molecule has 0 aromatic heterocycles. The summed E-state index contributed by atoms with van der Waals surface area (Å²) >= 11 is 3.61. The van der Waals surface area contributed by atoms with Crippen LogP contribution < -0.4 is 11.1 Å². The van der Waals surface area contributed by atoms with Gasteiger partial charge in [-0.15, -0.1) is 0 Å². The number of anilines is 2. The quantitative estimate of drug-likeness (QED) is 0.645. The largest absolute Gasteiger partial charge is 0.397 e. The summed E-state index contributed by atoms with van der Waals surface area (Å²) < 4.78 is 13.5. The Hall–Kier alpha value is -0.770. The van der Waals surface area contributed by atoms with Crippen LogP contribution in [-0.4, -0.2) is 10.9 Å². The minimum Gasteiger partial charge on any atom is -0.397 e. The molecule has 1 aromatic rings. The first-order valence-corrected chi connectivity index (χ1v) is 6.53. The van der Waals surface area contributed by atoms with E-state index in [0.717, 1.165) is 12.8 Å². The molecule has 88 valence electrons. The van der Waals surface area contributed by atoms with Gasteiger partial charge >= 0.3 is 0 Å². The third-order valence-electron chi connectivity index (χ3n) is 3.00. The Morgan fingerprint density at radius 3 is 2.88 bits per heavy atom. The van der Waals surface area contributed by atoms with E-state index in [1.54, 1.807) is 12.1 Å². The molecular formula is C12H16BrFN2. The van der Waals surface area contributed by atoms with Gasteiger partial charge in [0, 0.05) is 10.9 Å². The van der Waals surface area contributed by atoms with Crippen molar-refractivity contribution >= 4 is 27.3 Å². The molecule has 1 aliphatic rings. The normalized spacial score (nSPS) is 25.4. The molecule has 1 saturated carbocycles. The molecule has 4 heteroatoms. The van der Waals surface area contributed by atoms with Gasteiger partial charge < -0.3 is 11.1 Å². The van der Waals surface area contributed by atoms with Crippen molar-refractivity contribution in [3.63, 3.8) is 0 Å². The van der Waals surface area contributed by atoms with Gasteiger partial charge in [-0.2, -0.15) is 0 Å². The van der Waals surface area contributed by atoms with Gasteiger partial charge in [-0.1, -0.05) is 28.4 Å². The predicted molar refractivity (Wildman–Crippen MR) is 69.4 cm³/mol. The number of hydrogen-bond donors (Lipinski definition) is 2. The fourth-order valence-electron chi connectivity index (χ4n) is 2.16. The molecule has 2 atom stereocenters. The number of halogens is 2. The van der Waals surface area contributed by atoms with Gasteiger partial charge in [-0.05, 0) is 31.4 Å². The van der Waals surface area contributed by atoms with Crippen LogP contribution in [-0.2, 0) is 0 Å². The lowest BCUT2D eigenvalue weighted by Crippen LogP contribution is -2.28. The maximum atomic E-state index is 13.5. The molecule has 0 amide bonds. The van der Waals surface area contributed by atoms with Crippen LogP contribution in [0, 0.1) is 5.82 Å². The van der Waals surface area contributed by atoms with Gasteiger partial charge in [0.1, 0.15) is 5.82 Å².